The SMILES string of the molecule is Cc1ccc(NC2CCOC3(CCSCC3)C2)cc1Cl. The lowest BCUT2D eigenvalue weighted by molar-refractivity contribution is -0.0865. The van der Waals surface area contributed by atoms with Gasteiger partial charge in [0, 0.05) is 23.4 Å². The van der Waals surface area contributed by atoms with E-state index in [-0.39, 0.29) is 5.60 Å². The van der Waals surface area contributed by atoms with Gasteiger partial charge in [-0.25, -0.2) is 0 Å². The molecule has 1 unspecified atom stereocenters. The largest absolute Gasteiger partial charge is 0.382 e. The Labute approximate surface area is 130 Å². The number of anilines is 1. The molecule has 0 aromatic heterocycles. The average Bonchev–Trinajstić information content (AvgIpc) is 2.44. The zero-order chi connectivity index (χ0) is 14.0. The number of ether oxygens (including phenoxy) is 1. The minimum Gasteiger partial charge on any atom is -0.382 e. The summed E-state index contributed by atoms with van der Waals surface area (Å²) in [5.41, 5.74) is 2.40. The molecule has 20 heavy (non-hydrogen) atoms. The molecule has 1 N–H and O–H groups in total. The van der Waals surface area contributed by atoms with Gasteiger partial charge in [-0.3, -0.25) is 0 Å². The Morgan fingerprint density at radius 2 is 2.15 bits per heavy atom. The van der Waals surface area contributed by atoms with Crippen molar-refractivity contribution < 1.29 is 4.74 Å². The molecule has 2 aliphatic heterocycles. The van der Waals surface area contributed by atoms with Crippen molar-refractivity contribution >= 4 is 29.1 Å². The van der Waals surface area contributed by atoms with Crippen molar-refractivity contribution in [2.24, 2.45) is 0 Å². The van der Waals surface area contributed by atoms with Gasteiger partial charge in [-0.2, -0.15) is 11.8 Å². The highest BCUT2D eigenvalue weighted by Crippen LogP contribution is 2.38. The number of hydrogen-bond acceptors (Lipinski definition) is 3. The molecule has 4 heteroatoms. The van der Waals surface area contributed by atoms with E-state index in [4.69, 9.17) is 16.3 Å². The number of thioether (sulfide) groups is 1. The van der Waals surface area contributed by atoms with Gasteiger partial charge in [-0.1, -0.05) is 17.7 Å². The third-order valence-electron chi connectivity index (χ3n) is 4.44. The molecule has 0 radical (unpaired) electrons. The van der Waals surface area contributed by atoms with Crippen molar-refractivity contribution in [3.63, 3.8) is 0 Å². The summed E-state index contributed by atoms with van der Waals surface area (Å²) in [5.74, 6) is 2.48. The Kier molecular flexibility index (Phi) is 4.49. The van der Waals surface area contributed by atoms with Crippen LogP contribution in [0.1, 0.15) is 31.2 Å². The Morgan fingerprint density at radius 3 is 2.90 bits per heavy atom. The minimum atomic E-state index is 0.135. The van der Waals surface area contributed by atoms with Crippen LogP contribution in [0.25, 0.3) is 0 Å². The van der Waals surface area contributed by atoms with Crippen LogP contribution in [-0.2, 0) is 4.74 Å². The summed E-state index contributed by atoms with van der Waals surface area (Å²) in [7, 11) is 0. The molecule has 2 heterocycles. The molecule has 1 aromatic carbocycles. The summed E-state index contributed by atoms with van der Waals surface area (Å²) in [6, 6.07) is 6.75. The summed E-state index contributed by atoms with van der Waals surface area (Å²) in [4.78, 5) is 0. The zero-order valence-corrected chi connectivity index (χ0v) is 13.5. The Bertz CT molecular complexity index is 468. The number of halogens is 1. The number of rotatable bonds is 2. The second-order valence-corrected chi connectivity index (χ2v) is 7.57. The molecule has 2 nitrogen and oxygen atoms in total. The van der Waals surface area contributed by atoms with Crippen molar-refractivity contribution in [2.75, 3.05) is 23.4 Å². The molecule has 0 saturated carbocycles. The molecule has 2 aliphatic rings. The number of benzene rings is 1. The van der Waals surface area contributed by atoms with E-state index >= 15 is 0 Å². The summed E-state index contributed by atoms with van der Waals surface area (Å²) >= 11 is 8.26. The maximum Gasteiger partial charge on any atom is 0.0717 e. The Balaban J connectivity index is 1.66. The third kappa shape index (κ3) is 3.26. The fourth-order valence-electron chi connectivity index (χ4n) is 3.16. The van der Waals surface area contributed by atoms with Crippen molar-refractivity contribution in [2.45, 2.75) is 44.2 Å². The lowest BCUT2D eigenvalue weighted by atomic mass is 9.85. The quantitative estimate of drug-likeness (QED) is 0.868. The molecule has 1 aromatic rings. The monoisotopic (exact) mass is 311 g/mol. The first kappa shape index (κ1) is 14.6. The second kappa shape index (κ2) is 6.17. The van der Waals surface area contributed by atoms with Gasteiger partial charge in [0.2, 0.25) is 0 Å². The lowest BCUT2D eigenvalue weighted by Gasteiger charge is -2.43. The number of nitrogens with one attached hydrogen (secondary N) is 1. The summed E-state index contributed by atoms with van der Waals surface area (Å²) in [6.07, 6.45) is 4.61. The predicted octanol–water partition coefficient (Wildman–Crippen LogP) is 4.51. The van der Waals surface area contributed by atoms with Crippen molar-refractivity contribution in [3.05, 3.63) is 28.8 Å². The van der Waals surface area contributed by atoms with Gasteiger partial charge < -0.3 is 10.1 Å². The van der Waals surface area contributed by atoms with E-state index in [1.165, 1.54) is 24.3 Å². The highest BCUT2D eigenvalue weighted by atomic mass is 35.5. The van der Waals surface area contributed by atoms with Crippen LogP contribution in [-0.4, -0.2) is 29.8 Å². The van der Waals surface area contributed by atoms with Gasteiger partial charge in [0.15, 0.2) is 0 Å². The van der Waals surface area contributed by atoms with Crippen molar-refractivity contribution in [1.82, 2.24) is 0 Å². The van der Waals surface area contributed by atoms with E-state index in [0.717, 1.165) is 35.7 Å². The standard InChI is InChI=1S/C16H22ClNOS/c1-12-2-3-13(10-15(12)17)18-14-4-7-19-16(11-14)5-8-20-9-6-16/h2-3,10,14,18H,4-9,11H2,1H3. The van der Waals surface area contributed by atoms with Crippen LogP contribution in [0.5, 0.6) is 0 Å². The van der Waals surface area contributed by atoms with E-state index in [1.807, 2.05) is 13.0 Å². The number of aryl methyl sites for hydroxylation is 1. The fourth-order valence-corrected chi connectivity index (χ4v) is 4.58. The van der Waals surface area contributed by atoms with Gasteiger partial charge in [0.1, 0.15) is 0 Å². The molecule has 3 rings (SSSR count). The fraction of sp³-hybridized carbons (Fsp3) is 0.625. The van der Waals surface area contributed by atoms with Gasteiger partial charge in [0.05, 0.1) is 5.60 Å². The van der Waals surface area contributed by atoms with Gasteiger partial charge >= 0.3 is 0 Å². The van der Waals surface area contributed by atoms with Crippen LogP contribution in [0, 0.1) is 6.92 Å². The average molecular weight is 312 g/mol. The third-order valence-corrected chi connectivity index (χ3v) is 5.83. The number of hydrogen-bond donors (Lipinski definition) is 1. The summed E-state index contributed by atoms with van der Waals surface area (Å²) < 4.78 is 6.14. The Hall–Kier alpha value is -0.380. The van der Waals surface area contributed by atoms with Crippen LogP contribution in [0.4, 0.5) is 5.69 Å². The zero-order valence-electron chi connectivity index (χ0n) is 12.0. The molecule has 110 valence electrons. The Morgan fingerprint density at radius 1 is 1.35 bits per heavy atom. The van der Waals surface area contributed by atoms with E-state index in [1.54, 1.807) is 0 Å². The molecule has 0 bridgehead atoms. The van der Waals surface area contributed by atoms with E-state index in [0.29, 0.717) is 6.04 Å². The normalized spacial score (nSPS) is 25.6. The maximum atomic E-state index is 6.21. The molecule has 0 amide bonds. The van der Waals surface area contributed by atoms with Crippen LogP contribution >= 0.6 is 23.4 Å². The van der Waals surface area contributed by atoms with Gasteiger partial charge in [0.25, 0.3) is 0 Å². The minimum absolute atomic E-state index is 0.135. The lowest BCUT2D eigenvalue weighted by Crippen LogP contribution is -2.46. The summed E-state index contributed by atoms with van der Waals surface area (Å²) in [6.45, 7) is 2.91. The predicted molar refractivity (Wildman–Crippen MR) is 88.1 cm³/mol. The molecule has 2 fully saturated rings. The first-order valence-corrected chi connectivity index (χ1v) is 8.95. The van der Waals surface area contributed by atoms with E-state index in [2.05, 4.69) is 29.2 Å². The van der Waals surface area contributed by atoms with E-state index in [9.17, 15) is 0 Å². The van der Waals surface area contributed by atoms with Crippen LogP contribution in [0.3, 0.4) is 0 Å². The molecular formula is C16H22ClNOS. The molecule has 1 spiro atoms. The van der Waals surface area contributed by atoms with Crippen LogP contribution in [0.15, 0.2) is 18.2 Å². The highest BCUT2D eigenvalue weighted by molar-refractivity contribution is 7.99. The van der Waals surface area contributed by atoms with Crippen molar-refractivity contribution in [1.29, 1.82) is 0 Å². The maximum absolute atomic E-state index is 6.21. The summed E-state index contributed by atoms with van der Waals surface area (Å²) in [5, 5.41) is 4.49. The van der Waals surface area contributed by atoms with Crippen LogP contribution in [0.2, 0.25) is 5.02 Å². The first-order valence-electron chi connectivity index (χ1n) is 7.41. The van der Waals surface area contributed by atoms with Gasteiger partial charge in [-0.05, 0) is 61.8 Å². The second-order valence-electron chi connectivity index (χ2n) is 5.94. The van der Waals surface area contributed by atoms with Crippen LogP contribution < -0.4 is 5.32 Å². The molecular weight excluding hydrogens is 290 g/mol. The molecule has 2 saturated heterocycles. The highest BCUT2D eigenvalue weighted by Gasteiger charge is 2.38. The smallest absolute Gasteiger partial charge is 0.0717 e. The molecule has 1 atom stereocenters. The van der Waals surface area contributed by atoms with Gasteiger partial charge in [-0.15, -0.1) is 0 Å². The van der Waals surface area contributed by atoms with Crippen molar-refractivity contribution in [3.8, 4) is 0 Å². The van der Waals surface area contributed by atoms with E-state index < -0.39 is 0 Å². The molecule has 0 aliphatic carbocycles. The topological polar surface area (TPSA) is 21.3 Å². The first-order chi connectivity index (χ1) is 9.67.